The molecule has 17 heavy (non-hydrogen) atoms. The van der Waals surface area contributed by atoms with Crippen molar-refractivity contribution < 1.29 is 9.53 Å². The van der Waals surface area contributed by atoms with E-state index in [-0.39, 0.29) is 5.91 Å². The fourth-order valence-electron chi connectivity index (χ4n) is 1.95. The second-order valence-corrected chi connectivity index (χ2v) is 4.21. The Morgan fingerprint density at radius 3 is 2.94 bits per heavy atom. The van der Waals surface area contributed by atoms with Gasteiger partial charge in [-0.05, 0) is 12.8 Å². The number of ether oxygens (including phenoxy) is 1. The third-order valence-corrected chi connectivity index (χ3v) is 3.20. The summed E-state index contributed by atoms with van der Waals surface area (Å²) in [5, 5.41) is 9.25. The van der Waals surface area contributed by atoms with Gasteiger partial charge in [-0.15, -0.1) is 0 Å². The Labute approximate surface area is 99.1 Å². The van der Waals surface area contributed by atoms with Crippen molar-refractivity contribution in [3.05, 3.63) is 12.2 Å². The number of aromatic amines is 1. The number of carbonyl (C=O) groups excluding carboxylic acids is 1. The lowest BCUT2D eigenvalue weighted by Crippen LogP contribution is -2.49. The van der Waals surface area contributed by atoms with E-state index in [4.69, 9.17) is 10.5 Å². The van der Waals surface area contributed by atoms with Crippen molar-refractivity contribution in [3.8, 4) is 0 Å². The molecule has 2 rings (SSSR count). The van der Waals surface area contributed by atoms with Crippen LogP contribution in [0.15, 0.2) is 6.33 Å². The zero-order valence-corrected chi connectivity index (χ0v) is 9.61. The van der Waals surface area contributed by atoms with E-state index in [9.17, 15) is 4.79 Å². The molecule has 0 radical (unpaired) electrons. The molecule has 2 heterocycles. The van der Waals surface area contributed by atoms with Crippen molar-refractivity contribution in [1.82, 2.24) is 20.5 Å². The Bertz CT molecular complexity index is 359. The van der Waals surface area contributed by atoms with Crippen LogP contribution in [0, 0.1) is 5.41 Å². The lowest BCUT2D eigenvalue weighted by atomic mass is 9.79. The van der Waals surface area contributed by atoms with E-state index in [0.29, 0.717) is 45.0 Å². The van der Waals surface area contributed by atoms with Crippen LogP contribution in [0.3, 0.4) is 0 Å². The zero-order chi connectivity index (χ0) is 12.1. The van der Waals surface area contributed by atoms with E-state index >= 15 is 0 Å². The third kappa shape index (κ3) is 2.62. The van der Waals surface area contributed by atoms with Crippen LogP contribution in [-0.4, -0.2) is 40.8 Å². The number of carbonyl (C=O) groups is 1. The number of hydrogen-bond acceptors (Lipinski definition) is 5. The number of hydrogen-bond donors (Lipinski definition) is 3. The number of nitrogens with zero attached hydrogens (tertiary/aromatic N) is 2. The monoisotopic (exact) mass is 239 g/mol. The molecule has 0 aromatic carbocycles. The molecule has 7 nitrogen and oxygen atoms in total. The number of nitrogens with one attached hydrogen (secondary N) is 2. The summed E-state index contributed by atoms with van der Waals surface area (Å²) < 4.78 is 5.26. The molecule has 1 saturated heterocycles. The summed E-state index contributed by atoms with van der Waals surface area (Å²) in [5.41, 5.74) is 5.25. The molecule has 1 amide bonds. The first-order valence-corrected chi connectivity index (χ1v) is 5.67. The smallest absolute Gasteiger partial charge is 0.228 e. The molecule has 0 bridgehead atoms. The van der Waals surface area contributed by atoms with Gasteiger partial charge >= 0.3 is 0 Å². The number of H-pyrrole nitrogens is 1. The number of nitrogens with two attached hydrogens (primary N) is 1. The Morgan fingerprint density at radius 2 is 2.35 bits per heavy atom. The highest BCUT2D eigenvalue weighted by molar-refractivity contribution is 5.82. The van der Waals surface area contributed by atoms with E-state index in [2.05, 4.69) is 20.5 Å². The van der Waals surface area contributed by atoms with Crippen molar-refractivity contribution in [3.63, 3.8) is 0 Å². The lowest BCUT2D eigenvalue weighted by molar-refractivity contribution is -0.136. The van der Waals surface area contributed by atoms with Gasteiger partial charge in [-0.2, -0.15) is 5.10 Å². The van der Waals surface area contributed by atoms with E-state index in [0.717, 1.165) is 0 Å². The van der Waals surface area contributed by atoms with Crippen LogP contribution in [0.25, 0.3) is 0 Å². The van der Waals surface area contributed by atoms with Crippen LogP contribution in [0.5, 0.6) is 0 Å². The van der Waals surface area contributed by atoms with Gasteiger partial charge in [-0.25, -0.2) is 4.98 Å². The minimum atomic E-state index is -0.488. The van der Waals surface area contributed by atoms with Crippen molar-refractivity contribution in [2.45, 2.75) is 19.4 Å². The fourth-order valence-corrected chi connectivity index (χ4v) is 1.95. The van der Waals surface area contributed by atoms with E-state index in [1.807, 2.05) is 0 Å². The van der Waals surface area contributed by atoms with Crippen LogP contribution in [-0.2, 0) is 16.1 Å². The van der Waals surface area contributed by atoms with E-state index in [1.54, 1.807) is 0 Å². The molecule has 4 N–H and O–H groups in total. The van der Waals surface area contributed by atoms with Gasteiger partial charge in [0.2, 0.25) is 5.91 Å². The fraction of sp³-hybridized carbons (Fsp3) is 0.700. The van der Waals surface area contributed by atoms with Crippen molar-refractivity contribution >= 4 is 5.91 Å². The average molecular weight is 239 g/mol. The normalized spacial score (nSPS) is 18.9. The van der Waals surface area contributed by atoms with E-state index in [1.165, 1.54) is 6.33 Å². The first-order valence-electron chi connectivity index (χ1n) is 5.67. The number of amides is 1. The van der Waals surface area contributed by atoms with Crippen LogP contribution in [0.4, 0.5) is 0 Å². The van der Waals surface area contributed by atoms with Crippen molar-refractivity contribution in [1.29, 1.82) is 0 Å². The predicted molar refractivity (Wildman–Crippen MR) is 59.8 cm³/mol. The van der Waals surface area contributed by atoms with Crippen LogP contribution in [0.1, 0.15) is 18.7 Å². The van der Waals surface area contributed by atoms with Crippen LogP contribution >= 0.6 is 0 Å². The largest absolute Gasteiger partial charge is 0.381 e. The SMILES string of the molecule is NCC1(C(=O)NCc2ncn[nH]2)CCOCC1. The van der Waals surface area contributed by atoms with Gasteiger partial charge in [0.15, 0.2) is 0 Å². The number of aromatic nitrogens is 3. The molecule has 1 fully saturated rings. The molecule has 0 spiro atoms. The zero-order valence-electron chi connectivity index (χ0n) is 9.61. The molecule has 0 unspecified atom stereocenters. The molecule has 0 atom stereocenters. The Kier molecular flexibility index (Phi) is 3.70. The van der Waals surface area contributed by atoms with E-state index < -0.39 is 5.41 Å². The minimum absolute atomic E-state index is 0.0281. The molecular weight excluding hydrogens is 222 g/mol. The first kappa shape index (κ1) is 12.0. The average Bonchev–Trinajstić information content (AvgIpc) is 2.90. The summed E-state index contributed by atoms with van der Waals surface area (Å²) in [4.78, 5) is 16.1. The third-order valence-electron chi connectivity index (χ3n) is 3.20. The lowest BCUT2D eigenvalue weighted by Gasteiger charge is -2.34. The Balaban J connectivity index is 1.93. The standard InChI is InChI=1S/C10H17N5O2/c11-6-10(1-3-17-4-2-10)9(16)12-5-8-13-7-14-15-8/h7H,1-6,11H2,(H,12,16)(H,13,14,15). The molecule has 1 aromatic rings. The summed E-state index contributed by atoms with van der Waals surface area (Å²) in [7, 11) is 0. The summed E-state index contributed by atoms with van der Waals surface area (Å²) in [5.74, 6) is 0.609. The molecule has 0 saturated carbocycles. The van der Waals surface area contributed by atoms with Gasteiger partial charge in [0.05, 0.1) is 12.0 Å². The highest BCUT2D eigenvalue weighted by Gasteiger charge is 2.38. The van der Waals surface area contributed by atoms with Gasteiger partial charge in [0.1, 0.15) is 12.2 Å². The van der Waals surface area contributed by atoms with Gasteiger partial charge in [0, 0.05) is 19.8 Å². The molecule has 1 aliphatic rings. The van der Waals surface area contributed by atoms with Crippen molar-refractivity contribution in [2.75, 3.05) is 19.8 Å². The topological polar surface area (TPSA) is 106 Å². The number of rotatable bonds is 4. The summed E-state index contributed by atoms with van der Waals surface area (Å²) >= 11 is 0. The van der Waals surface area contributed by atoms with Gasteiger partial charge in [-0.1, -0.05) is 0 Å². The Hall–Kier alpha value is -1.47. The second-order valence-electron chi connectivity index (χ2n) is 4.21. The highest BCUT2D eigenvalue weighted by atomic mass is 16.5. The molecule has 94 valence electrons. The maximum Gasteiger partial charge on any atom is 0.228 e. The Morgan fingerprint density at radius 1 is 1.59 bits per heavy atom. The maximum atomic E-state index is 12.1. The van der Waals surface area contributed by atoms with Crippen molar-refractivity contribution in [2.24, 2.45) is 11.1 Å². The molecule has 0 aliphatic carbocycles. The first-order chi connectivity index (χ1) is 8.27. The highest BCUT2D eigenvalue weighted by Crippen LogP contribution is 2.29. The van der Waals surface area contributed by atoms with Crippen LogP contribution in [0.2, 0.25) is 0 Å². The minimum Gasteiger partial charge on any atom is -0.381 e. The molecule has 1 aromatic heterocycles. The van der Waals surface area contributed by atoms with Crippen LogP contribution < -0.4 is 11.1 Å². The van der Waals surface area contributed by atoms with Gasteiger partial charge < -0.3 is 15.8 Å². The summed E-state index contributed by atoms with van der Waals surface area (Å²) in [6, 6.07) is 0. The van der Waals surface area contributed by atoms with Gasteiger partial charge in [-0.3, -0.25) is 9.89 Å². The summed E-state index contributed by atoms with van der Waals surface area (Å²) in [6.45, 7) is 1.87. The predicted octanol–water partition coefficient (Wildman–Crippen LogP) is -0.824. The maximum absolute atomic E-state index is 12.1. The molecule has 7 heteroatoms. The summed E-state index contributed by atoms with van der Waals surface area (Å²) in [6.07, 6.45) is 2.76. The van der Waals surface area contributed by atoms with Gasteiger partial charge in [0.25, 0.3) is 0 Å². The molecule has 1 aliphatic heterocycles. The quantitative estimate of drug-likeness (QED) is 0.636. The molecular formula is C10H17N5O2. The second kappa shape index (κ2) is 5.24.